The zero-order valence-electron chi connectivity index (χ0n) is 11.2. The van der Waals surface area contributed by atoms with E-state index in [1.54, 1.807) is 38.4 Å². The maximum atomic E-state index is 12.5. The molecule has 8 heteroatoms. The molecule has 0 atom stereocenters. The summed E-state index contributed by atoms with van der Waals surface area (Å²) < 4.78 is 32.5. The average molecular weight is 316 g/mol. The fourth-order valence-corrected chi connectivity index (χ4v) is 3.21. The molecule has 2 rings (SSSR count). The maximum Gasteiger partial charge on any atom is 0.284 e. The zero-order chi connectivity index (χ0) is 14.9. The first-order valence-electron chi connectivity index (χ1n) is 5.67. The Hall–Kier alpha value is -1.73. The van der Waals surface area contributed by atoms with Crippen molar-refractivity contribution in [3.8, 4) is 5.75 Å². The van der Waals surface area contributed by atoms with Crippen LogP contribution in [0.5, 0.6) is 5.75 Å². The lowest BCUT2D eigenvalue weighted by Crippen LogP contribution is -2.27. The van der Waals surface area contributed by atoms with Gasteiger partial charge in [0.1, 0.15) is 10.9 Å². The van der Waals surface area contributed by atoms with E-state index >= 15 is 0 Å². The van der Waals surface area contributed by atoms with Crippen LogP contribution in [0.2, 0.25) is 5.15 Å². The number of methoxy groups -OCH3 is 1. The number of nitrogens with zero attached hydrogens (tertiary/aromatic N) is 3. The number of rotatable bonds is 4. The molecule has 0 unspecified atom stereocenters. The topological polar surface area (TPSA) is 64.4 Å². The molecule has 0 N–H and O–H groups in total. The molecular formula is C12H14ClN3O3S. The van der Waals surface area contributed by atoms with E-state index in [2.05, 4.69) is 4.98 Å². The van der Waals surface area contributed by atoms with Crippen LogP contribution < -0.4 is 9.04 Å². The molecule has 0 fully saturated rings. The molecular weight excluding hydrogens is 302 g/mol. The molecule has 0 radical (unpaired) electrons. The van der Waals surface area contributed by atoms with Gasteiger partial charge in [-0.25, -0.2) is 4.98 Å². The molecule has 0 aliphatic heterocycles. The standard InChI is InChI=1S/C12H14ClN3O3S/c1-15-8-14-12(11(15)13)20(17,18)16(2)9-4-6-10(19-3)7-5-9/h4-8H,1-3H3. The van der Waals surface area contributed by atoms with Gasteiger partial charge in [-0.15, -0.1) is 0 Å². The monoisotopic (exact) mass is 315 g/mol. The van der Waals surface area contributed by atoms with Crippen LogP contribution in [0.3, 0.4) is 0 Å². The van der Waals surface area contributed by atoms with E-state index in [1.807, 2.05) is 0 Å². The van der Waals surface area contributed by atoms with Crippen molar-refractivity contribution in [2.24, 2.45) is 7.05 Å². The Kier molecular flexibility index (Phi) is 3.92. The maximum absolute atomic E-state index is 12.5. The number of sulfonamides is 1. The van der Waals surface area contributed by atoms with Crippen LogP contribution in [0.25, 0.3) is 0 Å². The van der Waals surface area contributed by atoms with Crippen LogP contribution in [0.15, 0.2) is 35.6 Å². The Morgan fingerprint density at radius 3 is 2.35 bits per heavy atom. The first kappa shape index (κ1) is 14.7. The fraction of sp³-hybridized carbons (Fsp3) is 0.250. The lowest BCUT2D eigenvalue weighted by molar-refractivity contribution is 0.415. The van der Waals surface area contributed by atoms with Gasteiger partial charge in [-0.2, -0.15) is 8.42 Å². The summed E-state index contributed by atoms with van der Waals surface area (Å²) in [5, 5.41) is -0.0923. The number of hydrogen-bond donors (Lipinski definition) is 0. The number of imidazole rings is 1. The lowest BCUT2D eigenvalue weighted by atomic mass is 10.3. The van der Waals surface area contributed by atoms with Crippen LogP contribution in [0.4, 0.5) is 5.69 Å². The number of ether oxygens (including phenoxy) is 1. The fourth-order valence-electron chi connectivity index (χ4n) is 1.63. The Bertz CT molecular complexity index is 710. The van der Waals surface area contributed by atoms with Crippen LogP contribution in [0.1, 0.15) is 0 Å². The molecule has 1 aromatic heterocycles. The Morgan fingerprint density at radius 1 is 1.30 bits per heavy atom. The smallest absolute Gasteiger partial charge is 0.284 e. The first-order valence-corrected chi connectivity index (χ1v) is 7.49. The van der Waals surface area contributed by atoms with Gasteiger partial charge in [0.15, 0.2) is 0 Å². The molecule has 0 bridgehead atoms. The second kappa shape index (κ2) is 5.34. The molecule has 108 valence electrons. The summed E-state index contributed by atoms with van der Waals surface area (Å²) in [6.45, 7) is 0. The van der Waals surface area contributed by atoms with Crippen LogP contribution in [-0.2, 0) is 17.1 Å². The van der Waals surface area contributed by atoms with E-state index in [9.17, 15) is 8.42 Å². The SMILES string of the molecule is COc1ccc(N(C)S(=O)(=O)c2ncn(C)c2Cl)cc1. The van der Waals surface area contributed by atoms with Gasteiger partial charge in [0.25, 0.3) is 10.0 Å². The molecule has 6 nitrogen and oxygen atoms in total. The van der Waals surface area contributed by atoms with Crippen molar-refractivity contribution in [1.29, 1.82) is 0 Å². The average Bonchev–Trinajstić information content (AvgIpc) is 2.79. The molecule has 0 amide bonds. The normalized spacial score (nSPS) is 11.4. The van der Waals surface area contributed by atoms with Crippen molar-refractivity contribution in [3.05, 3.63) is 35.7 Å². The number of aryl methyl sites for hydroxylation is 1. The summed E-state index contributed by atoms with van der Waals surface area (Å²) in [5.41, 5.74) is 0.493. The summed E-state index contributed by atoms with van der Waals surface area (Å²) in [7, 11) is 0.825. The summed E-state index contributed by atoms with van der Waals surface area (Å²) in [4.78, 5) is 3.84. The number of anilines is 1. The predicted molar refractivity (Wildman–Crippen MR) is 76.8 cm³/mol. The van der Waals surface area contributed by atoms with Gasteiger partial charge in [0, 0.05) is 14.1 Å². The van der Waals surface area contributed by atoms with Gasteiger partial charge in [0.05, 0.1) is 19.1 Å². The van der Waals surface area contributed by atoms with Crippen molar-refractivity contribution in [2.75, 3.05) is 18.5 Å². The Labute approximate surface area is 122 Å². The predicted octanol–water partition coefficient (Wildman–Crippen LogP) is 1.91. The van der Waals surface area contributed by atoms with E-state index in [0.717, 1.165) is 4.31 Å². The van der Waals surface area contributed by atoms with Crippen molar-refractivity contribution >= 4 is 27.3 Å². The van der Waals surface area contributed by atoms with Crippen molar-refractivity contribution in [2.45, 2.75) is 5.03 Å². The second-order valence-corrected chi connectivity index (χ2v) is 6.36. The third-order valence-electron chi connectivity index (χ3n) is 2.88. The highest BCUT2D eigenvalue weighted by molar-refractivity contribution is 7.92. The van der Waals surface area contributed by atoms with Gasteiger partial charge >= 0.3 is 0 Å². The van der Waals surface area contributed by atoms with Gasteiger partial charge in [-0.3, -0.25) is 4.31 Å². The number of hydrogen-bond acceptors (Lipinski definition) is 4. The van der Waals surface area contributed by atoms with Gasteiger partial charge in [-0.05, 0) is 24.3 Å². The highest BCUT2D eigenvalue weighted by Gasteiger charge is 2.27. The van der Waals surface area contributed by atoms with Crippen molar-refractivity contribution < 1.29 is 13.2 Å². The molecule has 1 aromatic carbocycles. The van der Waals surface area contributed by atoms with Crippen molar-refractivity contribution in [3.63, 3.8) is 0 Å². The van der Waals surface area contributed by atoms with Gasteiger partial charge in [0.2, 0.25) is 5.03 Å². The zero-order valence-corrected chi connectivity index (χ0v) is 12.8. The molecule has 2 aromatic rings. The number of aromatic nitrogens is 2. The van der Waals surface area contributed by atoms with E-state index < -0.39 is 10.0 Å². The van der Waals surface area contributed by atoms with Crippen LogP contribution in [0, 0.1) is 0 Å². The van der Waals surface area contributed by atoms with E-state index in [4.69, 9.17) is 16.3 Å². The van der Waals surface area contributed by atoms with E-state index in [-0.39, 0.29) is 10.2 Å². The quantitative estimate of drug-likeness (QED) is 0.864. The Morgan fingerprint density at radius 2 is 1.90 bits per heavy atom. The molecule has 0 spiro atoms. The third-order valence-corrected chi connectivity index (χ3v) is 5.15. The lowest BCUT2D eigenvalue weighted by Gasteiger charge is -2.18. The highest BCUT2D eigenvalue weighted by Crippen LogP contribution is 2.26. The summed E-state index contributed by atoms with van der Waals surface area (Å²) >= 11 is 5.95. The minimum atomic E-state index is -3.79. The molecule has 20 heavy (non-hydrogen) atoms. The number of halogens is 1. The third kappa shape index (κ3) is 2.46. The summed E-state index contributed by atoms with van der Waals surface area (Å²) in [6, 6.07) is 6.66. The molecule has 0 saturated heterocycles. The Balaban J connectivity index is 2.40. The van der Waals surface area contributed by atoms with E-state index in [0.29, 0.717) is 11.4 Å². The van der Waals surface area contributed by atoms with Gasteiger partial charge < -0.3 is 9.30 Å². The molecule has 0 aliphatic carbocycles. The minimum Gasteiger partial charge on any atom is -0.497 e. The number of benzene rings is 1. The second-order valence-electron chi connectivity index (χ2n) is 4.12. The first-order chi connectivity index (χ1) is 9.37. The van der Waals surface area contributed by atoms with Gasteiger partial charge in [-0.1, -0.05) is 11.6 Å². The largest absolute Gasteiger partial charge is 0.497 e. The van der Waals surface area contributed by atoms with Crippen LogP contribution >= 0.6 is 11.6 Å². The molecule has 0 aliphatic rings. The minimum absolute atomic E-state index is 0.0744. The molecule has 1 heterocycles. The van der Waals surface area contributed by atoms with Crippen molar-refractivity contribution in [1.82, 2.24) is 9.55 Å². The van der Waals surface area contributed by atoms with Crippen LogP contribution in [-0.4, -0.2) is 32.1 Å². The molecule has 0 saturated carbocycles. The summed E-state index contributed by atoms with van der Waals surface area (Å²) in [6.07, 6.45) is 1.36. The highest BCUT2D eigenvalue weighted by atomic mass is 35.5. The summed E-state index contributed by atoms with van der Waals surface area (Å²) in [5.74, 6) is 0.649. The van der Waals surface area contributed by atoms with E-state index in [1.165, 1.54) is 17.9 Å².